The van der Waals surface area contributed by atoms with Gasteiger partial charge in [0, 0.05) is 31.3 Å². The Morgan fingerprint density at radius 3 is 3.13 bits per heavy atom. The molecule has 6 nitrogen and oxygen atoms in total. The number of carbonyl (C=O) groups excluding carboxylic acids is 1. The van der Waals surface area contributed by atoms with Crippen LogP contribution in [-0.2, 0) is 18.4 Å². The van der Waals surface area contributed by atoms with Gasteiger partial charge >= 0.3 is 0 Å². The quantitative estimate of drug-likeness (QED) is 0.940. The van der Waals surface area contributed by atoms with E-state index in [0.717, 1.165) is 42.0 Å². The van der Waals surface area contributed by atoms with Gasteiger partial charge < -0.3 is 14.8 Å². The zero-order chi connectivity index (χ0) is 15.8. The molecular weight excluding hydrogens is 294 g/mol. The summed E-state index contributed by atoms with van der Waals surface area (Å²) in [7, 11) is 1.86. The number of nitrogens with zero attached hydrogens (tertiary/aromatic N) is 2. The molecule has 120 valence electrons. The highest BCUT2D eigenvalue weighted by atomic mass is 16.5. The molecule has 1 amide bonds. The molecule has 0 aliphatic carbocycles. The molecule has 2 aliphatic rings. The van der Waals surface area contributed by atoms with Crippen molar-refractivity contribution in [2.24, 2.45) is 7.05 Å². The van der Waals surface area contributed by atoms with Gasteiger partial charge in [-0.2, -0.15) is 5.10 Å². The third kappa shape index (κ3) is 2.49. The number of amides is 1. The fraction of sp³-hybridized carbons (Fsp3) is 0.412. The highest BCUT2D eigenvalue weighted by molar-refractivity contribution is 5.96. The SMILES string of the molecule is Cn1nc(C(=O)NCC2CCCO2)c2c1-c1ccccc1OC2. The Bertz CT molecular complexity index is 748. The summed E-state index contributed by atoms with van der Waals surface area (Å²) in [5.74, 6) is 0.662. The second-order valence-corrected chi connectivity index (χ2v) is 5.93. The van der Waals surface area contributed by atoms with E-state index < -0.39 is 0 Å². The molecule has 0 bridgehead atoms. The van der Waals surface area contributed by atoms with Gasteiger partial charge in [0.1, 0.15) is 12.4 Å². The van der Waals surface area contributed by atoms with E-state index in [4.69, 9.17) is 9.47 Å². The van der Waals surface area contributed by atoms with Crippen molar-refractivity contribution in [3.8, 4) is 17.0 Å². The molecule has 4 rings (SSSR count). The fourth-order valence-corrected chi connectivity index (χ4v) is 3.26. The number of ether oxygens (including phenoxy) is 2. The van der Waals surface area contributed by atoms with Crippen LogP contribution in [0.4, 0.5) is 0 Å². The highest BCUT2D eigenvalue weighted by Gasteiger charge is 2.28. The van der Waals surface area contributed by atoms with Gasteiger partial charge in [0.25, 0.3) is 5.91 Å². The minimum atomic E-state index is -0.166. The largest absolute Gasteiger partial charge is 0.488 e. The number of aromatic nitrogens is 2. The van der Waals surface area contributed by atoms with Gasteiger partial charge in [0.2, 0.25) is 0 Å². The number of rotatable bonds is 3. The Morgan fingerprint density at radius 2 is 2.30 bits per heavy atom. The first-order chi connectivity index (χ1) is 11.2. The molecule has 23 heavy (non-hydrogen) atoms. The Kier molecular flexibility index (Phi) is 3.53. The second kappa shape index (κ2) is 5.70. The third-order valence-electron chi connectivity index (χ3n) is 4.39. The van der Waals surface area contributed by atoms with Crippen LogP contribution in [0.5, 0.6) is 5.75 Å². The van der Waals surface area contributed by atoms with E-state index in [1.807, 2.05) is 31.3 Å². The lowest BCUT2D eigenvalue weighted by molar-refractivity contribution is 0.0851. The van der Waals surface area contributed by atoms with E-state index in [1.165, 1.54) is 0 Å². The first-order valence-electron chi connectivity index (χ1n) is 7.92. The molecular formula is C17H19N3O3. The van der Waals surface area contributed by atoms with Crippen molar-refractivity contribution in [2.75, 3.05) is 13.2 Å². The van der Waals surface area contributed by atoms with E-state index in [1.54, 1.807) is 4.68 Å². The number of benzene rings is 1. The summed E-state index contributed by atoms with van der Waals surface area (Å²) in [6.45, 7) is 1.68. The smallest absolute Gasteiger partial charge is 0.272 e. The number of carbonyl (C=O) groups is 1. The minimum Gasteiger partial charge on any atom is -0.488 e. The van der Waals surface area contributed by atoms with E-state index >= 15 is 0 Å². The molecule has 1 unspecified atom stereocenters. The number of aryl methyl sites for hydroxylation is 1. The van der Waals surface area contributed by atoms with Crippen LogP contribution < -0.4 is 10.1 Å². The van der Waals surface area contributed by atoms with Crippen LogP contribution in [0.2, 0.25) is 0 Å². The molecule has 3 heterocycles. The van der Waals surface area contributed by atoms with Gasteiger partial charge in [-0.05, 0) is 25.0 Å². The van der Waals surface area contributed by atoms with Crippen LogP contribution in [0.3, 0.4) is 0 Å². The van der Waals surface area contributed by atoms with Crippen LogP contribution in [0.25, 0.3) is 11.3 Å². The topological polar surface area (TPSA) is 65.4 Å². The summed E-state index contributed by atoms with van der Waals surface area (Å²) in [5.41, 5.74) is 3.21. The second-order valence-electron chi connectivity index (χ2n) is 5.93. The minimum absolute atomic E-state index is 0.121. The average molecular weight is 313 g/mol. The molecule has 1 fully saturated rings. The third-order valence-corrected chi connectivity index (χ3v) is 4.39. The van der Waals surface area contributed by atoms with E-state index in [-0.39, 0.29) is 12.0 Å². The normalized spacial score (nSPS) is 18.9. The van der Waals surface area contributed by atoms with Crippen molar-refractivity contribution < 1.29 is 14.3 Å². The van der Waals surface area contributed by atoms with Gasteiger partial charge in [0.05, 0.1) is 11.8 Å². The van der Waals surface area contributed by atoms with Crippen molar-refractivity contribution in [1.29, 1.82) is 0 Å². The van der Waals surface area contributed by atoms with E-state index in [9.17, 15) is 4.79 Å². The lowest BCUT2D eigenvalue weighted by atomic mass is 10.0. The first-order valence-corrected chi connectivity index (χ1v) is 7.92. The molecule has 1 atom stereocenters. The van der Waals surface area contributed by atoms with Crippen LogP contribution in [0.15, 0.2) is 24.3 Å². The van der Waals surface area contributed by atoms with Gasteiger partial charge in [-0.3, -0.25) is 9.48 Å². The summed E-state index contributed by atoms with van der Waals surface area (Å²) in [5, 5.41) is 7.35. The Hall–Kier alpha value is -2.34. The van der Waals surface area contributed by atoms with Gasteiger partial charge in [-0.1, -0.05) is 12.1 Å². The Morgan fingerprint density at radius 1 is 1.43 bits per heavy atom. The lowest BCUT2D eigenvalue weighted by Crippen LogP contribution is -2.32. The first kappa shape index (κ1) is 14.3. The zero-order valence-electron chi connectivity index (χ0n) is 13.0. The molecule has 1 aromatic heterocycles. The van der Waals surface area contributed by atoms with E-state index in [2.05, 4.69) is 10.4 Å². The molecule has 1 aromatic carbocycles. The highest BCUT2D eigenvalue weighted by Crippen LogP contribution is 2.38. The summed E-state index contributed by atoms with van der Waals surface area (Å²) in [4.78, 5) is 12.5. The number of nitrogens with one attached hydrogen (secondary N) is 1. The van der Waals surface area contributed by atoms with Gasteiger partial charge in [-0.25, -0.2) is 0 Å². The molecule has 1 saturated heterocycles. The van der Waals surface area contributed by atoms with Crippen molar-refractivity contribution in [3.05, 3.63) is 35.5 Å². The Labute approximate surface area is 134 Å². The molecule has 0 saturated carbocycles. The summed E-state index contributed by atoms with van der Waals surface area (Å²) in [6.07, 6.45) is 2.18. The van der Waals surface area contributed by atoms with Crippen molar-refractivity contribution in [3.63, 3.8) is 0 Å². The Balaban J connectivity index is 1.60. The molecule has 2 aliphatic heterocycles. The van der Waals surface area contributed by atoms with Crippen molar-refractivity contribution in [1.82, 2.24) is 15.1 Å². The van der Waals surface area contributed by atoms with E-state index in [0.29, 0.717) is 18.8 Å². The lowest BCUT2D eigenvalue weighted by Gasteiger charge is -2.18. The molecule has 0 spiro atoms. The van der Waals surface area contributed by atoms with Crippen molar-refractivity contribution >= 4 is 5.91 Å². The maximum absolute atomic E-state index is 12.5. The molecule has 2 aromatic rings. The summed E-state index contributed by atoms with van der Waals surface area (Å²) in [6, 6.07) is 7.82. The van der Waals surface area contributed by atoms with Crippen LogP contribution in [-0.4, -0.2) is 34.9 Å². The van der Waals surface area contributed by atoms with Gasteiger partial charge in [-0.15, -0.1) is 0 Å². The number of hydrogen-bond acceptors (Lipinski definition) is 4. The monoisotopic (exact) mass is 313 g/mol. The van der Waals surface area contributed by atoms with Crippen molar-refractivity contribution in [2.45, 2.75) is 25.6 Å². The maximum atomic E-state index is 12.5. The fourth-order valence-electron chi connectivity index (χ4n) is 3.26. The predicted octanol–water partition coefficient (Wildman–Crippen LogP) is 1.89. The molecule has 0 radical (unpaired) electrons. The standard InChI is InChI=1S/C17H19N3O3/c1-20-16-12-6-2-3-7-14(12)23-10-13(16)15(19-20)17(21)18-9-11-5-4-8-22-11/h2-3,6-7,11H,4-5,8-10H2,1H3,(H,18,21). The average Bonchev–Trinajstić information content (AvgIpc) is 3.20. The maximum Gasteiger partial charge on any atom is 0.272 e. The van der Waals surface area contributed by atoms with Crippen LogP contribution >= 0.6 is 0 Å². The predicted molar refractivity (Wildman–Crippen MR) is 84.3 cm³/mol. The zero-order valence-corrected chi connectivity index (χ0v) is 13.0. The number of hydrogen-bond donors (Lipinski definition) is 1. The summed E-state index contributed by atoms with van der Waals surface area (Å²) >= 11 is 0. The number of para-hydroxylation sites is 1. The van der Waals surface area contributed by atoms with Gasteiger partial charge in [0.15, 0.2) is 5.69 Å². The summed E-state index contributed by atoms with van der Waals surface area (Å²) < 4.78 is 13.1. The molecule has 6 heteroatoms. The number of fused-ring (bicyclic) bond motifs is 3. The van der Waals surface area contributed by atoms with Crippen LogP contribution in [0, 0.1) is 0 Å². The van der Waals surface area contributed by atoms with Crippen LogP contribution in [0.1, 0.15) is 28.9 Å². The molecule has 1 N–H and O–H groups in total.